The van der Waals surface area contributed by atoms with E-state index in [1.165, 1.54) is 0 Å². The van der Waals surface area contributed by atoms with Gasteiger partial charge in [0.2, 0.25) is 0 Å². The Bertz CT molecular complexity index is 1090. The summed E-state index contributed by atoms with van der Waals surface area (Å²) in [6.07, 6.45) is 3.81. The van der Waals surface area contributed by atoms with Crippen LogP contribution in [0.1, 0.15) is 53.7 Å². The van der Waals surface area contributed by atoms with Gasteiger partial charge in [-0.15, -0.1) is 0 Å². The van der Waals surface area contributed by atoms with Crippen LogP contribution in [0.4, 0.5) is 4.39 Å². The Hall–Kier alpha value is -3.15. The quantitative estimate of drug-likeness (QED) is 0.392. The number of carbonyl (C=O) groups excluding carboxylic acids is 1. The van der Waals surface area contributed by atoms with Crippen LogP contribution in [0.5, 0.6) is 0 Å². The molecule has 0 saturated heterocycles. The van der Waals surface area contributed by atoms with Gasteiger partial charge in [0.25, 0.3) is 0 Å². The Morgan fingerprint density at radius 3 is 2.43 bits per heavy atom. The van der Waals surface area contributed by atoms with Crippen LogP contribution in [0.3, 0.4) is 0 Å². The zero-order valence-electron chi connectivity index (χ0n) is 16.6. The molecule has 1 fully saturated rings. The summed E-state index contributed by atoms with van der Waals surface area (Å²) in [6.45, 7) is -0.524. The van der Waals surface area contributed by atoms with E-state index in [0.29, 0.717) is 47.1 Å². The number of rotatable bonds is 9. The van der Waals surface area contributed by atoms with Crippen LogP contribution < -0.4 is 0 Å². The minimum absolute atomic E-state index is 0.113. The van der Waals surface area contributed by atoms with Crippen molar-refractivity contribution in [1.29, 1.82) is 0 Å². The number of aryl methyl sites for hydroxylation is 1. The maximum Gasteiger partial charge on any atom is 0.303 e. The fourth-order valence-electron chi connectivity index (χ4n) is 3.55. The third kappa shape index (κ3) is 4.53. The van der Waals surface area contributed by atoms with Crippen molar-refractivity contribution >= 4 is 22.8 Å². The summed E-state index contributed by atoms with van der Waals surface area (Å²) in [5.41, 5.74) is 4.93. The van der Waals surface area contributed by atoms with Crippen LogP contribution in [-0.2, 0) is 17.9 Å². The van der Waals surface area contributed by atoms with E-state index in [1.807, 2.05) is 18.2 Å². The molecule has 1 aromatic heterocycles. The van der Waals surface area contributed by atoms with Gasteiger partial charge in [0.1, 0.15) is 6.67 Å². The lowest BCUT2D eigenvalue weighted by Gasteiger charge is -2.11. The molecule has 0 spiro atoms. The molecule has 1 aliphatic carbocycles. The summed E-state index contributed by atoms with van der Waals surface area (Å²) in [7, 11) is 0. The number of carboxylic acid groups (broad SMARTS) is 1. The van der Waals surface area contributed by atoms with E-state index in [0.717, 1.165) is 24.1 Å². The van der Waals surface area contributed by atoms with Crippen molar-refractivity contribution in [3.8, 4) is 11.3 Å². The Labute approximate surface area is 174 Å². The molecule has 1 N–H and O–H groups in total. The minimum Gasteiger partial charge on any atom is -0.481 e. The molecule has 1 heterocycles. The van der Waals surface area contributed by atoms with Gasteiger partial charge in [-0.25, -0.2) is 14.4 Å². The van der Waals surface area contributed by atoms with E-state index in [9.17, 15) is 14.0 Å². The highest BCUT2D eigenvalue weighted by Crippen LogP contribution is 2.33. The Balaban J connectivity index is 1.70. The number of carboxylic acids is 1. The first-order chi connectivity index (χ1) is 14.5. The van der Waals surface area contributed by atoms with Gasteiger partial charge in [0.15, 0.2) is 5.78 Å². The molecule has 0 atom stereocenters. The normalized spacial score (nSPS) is 13.5. The van der Waals surface area contributed by atoms with Gasteiger partial charge < -0.3 is 5.11 Å². The molecule has 2 aromatic carbocycles. The molecule has 0 bridgehead atoms. The average Bonchev–Trinajstić information content (AvgIpc) is 3.60. The van der Waals surface area contributed by atoms with Gasteiger partial charge in [0.05, 0.1) is 22.4 Å². The van der Waals surface area contributed by atoms with Crippen molar-refractivity contribution in [2.75, 3.05) is 0 Å². The number of ketones is 1. The van der Waals surface area contributed by atoms with E-state index < -0.39 is 12.6 Å². The number of carbonyl (C=O) groups is 2. The third-order valence-electron chi connectivity index (χ3n) is 5.40. The summed E-state index contributed by atoms with van der Waals surface area (Å²) in [5.74, 6) is -0.517. The number of fused-ring (bicyclic) bond motifs is 1. The monoisotopic (exact) mass is 406 g/mol. The van der Waals surface area contributed by atoms with Crippen LogP contribution in [0.25, 0.3) is 22.3 Å². The molecule has 4 rings (SSSR count). The molecule has 6 heteroatoms. The highest BCUT2D eigenvalue weighted by Gasteiger charge is 2.30. The van der Waals surface area contributed by atoms with Crippen molar-refractivity contribution < 1.29 is 19.1 Å². The lowest BCUT2D eigenvalue weighted by atomic mass is 10.0. The Morgan fingerprint density at radius 2 is 1.77 bits per heavy atom. The number of nitrogens with zero attached hydrogens (tertiary/aromatic N) is 2. The van der Waals surface area contributed by atoms with E-state index in [4.69, 9.17) is 15.1 Å². The zero-order chi connectivity index (χ0) is 21.1. The highest BCUT2D eigenvalue weighted by molar-refractivity contribution is 6.01. The van der Waals surface area contributed by atoms with Gasteiger partial charge >= 0.3 is 5.97 Å². The van der Waals surface area contributed by atoms with Crippen molar-refractivity contribution in [2.24, 2.45) is 5.92 Å². The molecule has 154 valence electrons. The number of hydrogen-bond donors (Lipinski definition) is 1. The fraction of sp³-hybridized carbons (Fsp3) is 0.333. The Morgan fingerprint density at radius 1 is 1.00 bits per heavy atom. The summed E-state index contributed by atoms with van der Waals surface area (Å²) in [5, 5.41) is 8.88. The molecule has 0 unspecified atom stereocenters. The maximum absolute atomic E-state index is 12.9. The van der Waals surface area contributed by atoms with E-state index in [1.54, 1.807) is 24.3 Å². The molecule has 1 saturated carbocycles. The number of benzene rings is 2. The molecule has 5 nitrogen and oxygen atoms in total. The first kappa shape index (κ1) is 20.1. The lowest BCUT2D eigenvalue weighted by Crippen LogP contribution is -2.04. The number of halogens is 1. The summed E-state index contributed by atoms with van der Waals surface area (Å²) in [4.78, 5) is 32.8. The predicted octanol–water partition coefficient (Wildman–Crippen LogP) is 5.16. The number of aliphatic carboxylic acids is 1. The van der Waals surface area contributed by atoms with E-state index in [-0.39, 0.29) is 18.1 Å². The maximum atomic E-state index is 12.9. The van der Waals surface area contributed by atoms with Crippen molar-refractivity contribution in [2.45, 2.75) is 45.2 Å². The second-order valence-electron chi connectivity index (χ2n) is 7.79. The third-order valence-corrected chi connectivity index (χ3v) is 5.40. The summed E-state index contributed by atoms with van der Waals surface area (Å²) < 4.78 is 12.9. The molecule has 1 aliphatic rings. The summed E-state index contributed by atoms with van der Waals surface area (Å²) in [6, 6.07) is 12.6. The molecular weight excluding hydrogens is 383 g/mol. The predicted molar refractivity (Wildman–Crippen MR) is 112 cm³/mol. The zero-order valence-corrected chi connectivity index (χ0v) is 16.6. The number of unbranched alkanes of at least 4 members (excludes halogenated alkanes) is 1. The van der Waals surface area contributed by atoms with Crippen LogP contribution in [0, 0.1) is 5.92 Å². The van der Waals surface area contributed by atoms with Gasteiger partial charge in [0, 0.05) is 23.5 Å². The first-order valence-electron chi connectivity index (χ1n) is 10.3. The van der Waals surface area contributed by atoms with Crippen LogP contribution in [0.15, 0.2) is 42.5 Å². The van der Waals surface area contributed by atoms with Crippen LogP contribution in [0.2, 0.25) is 0 Å². The topological polar surface area (TPSA) is 80.1 Å². The van der Waals surface area contributed by atoms with Gasteiger partial charge in [-0.2, -0.15) is 0 Å². The largest absolute Gasteiger partial charge is 0.481 e. The fourth-order valence-corrected chi connectivity index (χ4v) is 3.55. The molecule has 3 aromatic rings. The smallest absolute Gasteiger partial charge is 0.303 e. The van der Waals surface area contributed by atoms with Crippen molar-refractivity contribution in [3.05, 3.63) is 59.3 Å². The first-order valence-corrected chi connectivity index (χ1v) is 10.3. The van der Waals surface area contributed by atoms with Crippen molar-refractivity contribution in [1.82, 2.24) is 9.97 Å². The SMILES string of the molecule is O=C(O)CCCCc1nc2cc(C(=O)C3CC3)ccc2nc1-c1ccc(CF)cc1. The molecular formula is C24H23FN2O3. The van der Waals surface area contributed by atoms with Crippen molar-refractivity contribution in [3.63, 3.8) is 0 Å². The minimum atomic E-state index is -0.815. The number of alkyl halides is 1. The van der Waals surface area contributed by atoms with Crippen LogP contribution in [-0.4, -0.2) is 26.8 Å². The molecule has 0 amide bonds. The van der Waals surface area contributed by atoms with Gasteiger partial charge in [-0.3, -0.25) is 9.59 Å². The molecule has 0 aliphatic heterocycles. The molecule has 0 radical (unpaired) electrons. The second kappa shape index (κ2) is 8.69. The lowest BCUT2D eigenvalue weighted by molar-refractivity contribution is -0.137. The summed E-state index contributed by atoms with van der Waals surface area (Å²) >= 11 is 0. The van der Waals surface area contributed by atoms with Crippen LogP contribution >= 0.6 is 0 Å². The molecule has 30 heavy (non-hydrogen) atoms. The van der Waals surface area contributed by atoms with E-state index >= 15 is 0 Å². The second-order valence-corrected chi connectivity index (χ2v) is 7.79. The van der Waals surface area contributed by atoms with Gasteiger partial charge in [-0.1, -0.05) is 24.3 Å². The van der Waals surface area contributed by atoms with E-state index in [2.05, 4.69) is 0 Å². The number of aromatic nitrogens is 2. The van der Waals surface area contributed by atoms with Gasteiger partial charge in [-0.05, 0) is 55.9 Å². The standard InChI is InChI=1S/C24H23FN2O3/c25-14-15-5-7-16(8-6-15)23-20(3-1-2-4-22(28)29)26-21-13-18(11-12-19(21)27-23)24(30)17-9-10-17/h5-8,11-13,17H,1-4,9-10,14H2,(H,28,29). The highest BCUT2D eigenvalue weighted by atomic mass is 19.1. The Kier molecular flexibility index (Phi) is 5.84. The average molecular weight is 406 g/mol. The number of Topliss-reactive ketones (excluding diaryl/α,β-unsaturated/α-hetero) is 1. The number of hydrogen-bond acceptors (Lipinski definition) is 4.